The van der Waals surface area contributed by atoms with Gasteiger partial charge in [-0.1, -0.05) is 6.92 Å². The Morgan fingerprint density at radius 3 is 2.82 bits per heavy atom. The maximum atomic E-state index is 11.8. The van der Waals surface area contributed by atoms with Crippen molar-refractivity contribution < 1.29 is 9.90 Å². The molecule has 1 aromatic heterocycles. The number of carbonyl (C=O) groups is 1. The Morgan fingerprint density at radius 2 is 2.35 bits per heavy atom. The molecule has 5 heteroatoms. The summed E-state index contributed by atoms with van der Waals surface area (Å²) >= 11 is 1.55. The first-order valence-corrected chi connectivity index (χ1v) is 6.70. The zero-order chi connectivity index (χ0) is 12.9. The minimum atomic E-state index is -0.323. The standard InChI is InChI=1S/C12H20N2O2S/c1-4-12(3,5-6-15)14-11(16)7-10-8-17-9(2)13-10/h8,15H,4-7H2,1-3H3,(H,14,16). The van der Waals surface area contributed by atoms with Crippen molar-refractivity contribution >= 4 is 17.2 Å². The molecule has 0 radical (unpaired) electrons. The number of aliphatic hydroxyl groups excluding tert-OH is 1. The second-order valence-electron chi connectivity index (χ2n) is 4.47. The molecular formula is C12H20N2O2S. The normalized spacial score (nSPS) is 14.4. The first-order chi connectivity index (χ1) is 7.99. The molecule has 0 aliphatic carbocycles. The Kier molecular flexibility index (Phi) is 5.08. The smallest absolute Gasteiger partial charge is 0.226 e. The molecule has 0 aliphatic heterocycles. The molecule has 0 aliphatic rings. The summed E-state index contributed by atoms with van der Waals surface area (Å²) in [4.78, 5) is 16.1. The van der Waals surface area contributed by atoms with Gasteiger partial charge in [0, 0.05) is 17.5 Å². The van der Waals surface area contributed by atoms with Crippen molar-refractivity contribution in [2.45, 2.75) is 45.6 Å². The lowest BCUT2D eigenvalue weighted by molar-refractivity contribution is -0.122. The summed E-state index contributed by atoms with van der Waals surface area (Å²) in [7, 11) is 0. The van der Waals surface area contributed by atoms with Gasteiger partial charge in [-0.05, 0) is 26.7 Å². The fraction of sp³-hybridized carbons (Fsp3) is 0.667. The quantitative estimate of drug-likeness (QED) is 0.813. The zero-order valence-electron chi connectivity index (χ0n) is 10.6. The summed E-state index contributed by atoms with van der Waals surface area (Å²) in [6, 6.07) is 0. The number of carbonyl (C=O) groups excluding carboxylic acids is 1. The topological polar surface area (TPSA) is 62.2 Å². The van der Waals surface area contributed by atoms with Gasteiger partial charge < -0.3 is 10.4 Å². The van der Waals surface area contributed by atoms with E-state index in [2.05, 4.69) is 10.3 Å². The number of rotatable bonds is 6. The van der Waals surface area contributed by atoms with Crippen LogP contribution in [0.4, 0.5) is 0 Å². The summed E-state index contributed by atoms with van der Waals surface area (Å²) in [5.74, 6) is -0.0342. The van der Waals surface area contributed by atoms with Gasteiger partial charge in [0.1, 0.15) is 0 Å². The highest BCUT2D eigenvalue weighted by Gasteiger charge is 2.23. The number of hydrogen-bond acceptors (Lipinski definition) is 4. The first-order valence-electron chi connectivity index (χ1n) is 5.82. The van der Waals surface area contributed by atoms with Gasteiger partial charge in [0.05, 0.1) is 17.1 Å². The lowest BCUT2D eigenvalue weighted by Crippen LogP contribution is -2.46. The van der Waals surface area contributed by atoms with Crippen molar-refractivity contribution in [2.24, 2.45) is 0 Å². The molecule has 1 aromatic rings. The van der Waals surface area contributed by atoms with Gasteiger partial charge in [0.2, 0.25) is 5.91 Å². The van der Waals surface area contributed by atoms with Gasteiger partial charge in [-0.3, -0.25) is 4.79 Å². The largest absolute Gasteiger partial charge is 0.396 e. The molecule has 96 valence electrons. The van der Waals surface area contributed by atoms with Gasteiger partial charge in [-0.15, -0.1) is 11.3 Å². The van der Waals surface area contributed by atoms with Crippen LogP contribution in [0.5, 0.6) is 0 Å². The molecule has 1 atom stereocenters. The molecule has 4 nitrogen and oxygen atoms in total. The molecule has 1 unspecified atom stereocenters. The lowest BCUT2D eigenvalue weighted by atomic mass is 9.94. The van der Waals surface area contributed by atoms with Crippen LogP contribution in [-0.4, -0.2) is 28.1 Å². The summed E-state index contributed by atoms with van der Waals surface area (Å²) in [6.45, 7) is 5.96. The highest BCUT2D eigenvalue weighted by atomic mass is 32.1. The molecule has 0 saturated heterocycles. The van der Waals surface area contributed by atoms with Crippen LogP contribution in [0.3, 0.4) is 0 Å². The van der Waals surface area contributed by atoms with E-state index in [9.17, 15) is 4.79 Å². The average molecular weight is 256 g/mol. The Bertz CT molecular complexity index is 378. The van der Waals surface area contributed by atoms with Crippen LogP contribution in [0.2, 0.25) is 0 Å². The number of thiazole rings is 1. The van der Waals surface area contributed by atoms with E-state index in [0.29, 0.717) is 12.8 Å². The number of hydrogen-bond donors (Lipinski definition) is 2. The van der Waals surface area contributed by atoms with E-state index >= 15 is 0 Å². The highest BCUT2D eigenvalue weighted by Crippen LogP contribution is 2.14. The highest BCUT2D eigenvalue weighted by molar-refractivity contribution is 7.09. The van der Waals surface area contributed by atoms with E-state index in [1.807, 2.05) is 26.2 Å². The van der Waals surface area contributed by atoms with E-state index in [4.69, 9.17) is 5.11 Å². The second kappa shape index (κ2) is 6.12. The lowest BCUT2D eigenvalue weighted by Gasteiger charge is -2.28. The van der Waals surface area contributed by atoms with E-state index in [1.165, 1.54) is 0 Å². The van der Waals surface area contributed by atoms with Crippen molar-refractivity contribution in [3.05, 3.63) is 16.1 Å². The van der Waals surface area contributed by atoms with Gasteiger partial charge in [0.15, 0.2) is 0 Å². The molecule has 0 fully saturated rings. The van der Waals surface area contributed by atoms with Gasteiger partial charge in [-0.25, -0.2) is 4.98 Å². The third-order valence-electron chi connectivity index (χ3n) is 2.89. The summed E-state index contributed by atoms with van der Waals surface area (Å²) in [5.41, 5.74) is 0.490. The Labute approximate surface area is 106 Å². The predicted molar refractivity (Wildman–Crippen MR) is 69.1 cm³/mol. The number of aromatic nitrogens is 1. The monoisotopic (exact) mass is 256 g/mol. The molecule has 1 rings (SSSR count). The fourth-order valence-electron chi connectivity index (χ4n) is 1.61. The number of nitrogens with one attached hydrogen (secondary N) is 1. The van der Waals surface area contributed by atoms with Crippen molar-refractivity contribution in [2.75, 3.05) is 6.61 Å². The number of nitrogens with zero attached hydrogens (tertiary/aromatic N) is 1. The molecule has 0 bridgehead atoms. The summed E-state index contributed by atoms with van der Waals surface area (Å²) in [6.07, 6.45) is 1.69. The predicted octanol–water partition coefficient (Wildman–Crippen LogP) is 1.66. The maximum absolute atomic E-state index is 11.8. The van der Waals surface area contributed by atoms with Crippen molar-refractivity contribution in [3.8, 4) is 0 Å². The zero-order valence-corrected chi connectivity index (χ0v) is 11.4. The Hall–Kier alpha value is -0.940. The molecule has 0 aromatic carbocycles. The van der Waals surface area contributed by atoms with Crippen LogP contribution in [0.25, 0.3) is 0 Å². The van der Waals surface area contributed by atoms with Crippen molar-refractivity contribution in [1.29, 1.82) is 0 Å². The molecule has 2 N–H and O–H groups in total. The molecule has 0 saturated carbocycles. The molecule has 0 spiro atoms. The summed E-state index contributed by atoms with van der Waals surface area (Å²) in [5, 5.41) is 14.8. The fourth-order valence-corrected chi connectivity index (χ4v) is 2.22. The van der Waals surface area contributed by atoms with E-state index < -0.39 is 0 Å². The minimum absolute atomic E-state index is 0.0342. The third kappa shape index (κ3) is 4.44. The SMILES string of the molecule is CCC(C)(CCO)NC(=O)Cc1csc(C)n1. The van der Waals surface area contributed by atoms with Gasteiger partial charge in [0.25, 0.3) is 0 Å². The van der Waals surface area contributed by atoms with E-state index in [1.54, 1.807) is 11.3 Å². The molecule has 1 amide bonds. The van der Waals surface area contributed by atoms with Gasteiger partial charge >= 0.3 is 0 Å². The van der Waals surface area contributed by atoms with Crippen LogP contribution >= 0.6 is 11.3 Å². The number of amides is 1. The van der Waals surface area contributed by atoms with Crippen LogP contribution in [0, 0.1) is 6.92 Å². The third-order valence-corrected chi connectivity index (χ3v) is 3.72. The Balaban J connectivity index is 2.53. The van der Waals surface area contributed by atoms with E-state index in [0.717, 1.165) is 17.1 Å². The van der Waals surface area contributed by atoms with Gasteiger partial charge in [-0.2, -0.15) is 0 Å². The van der Waals surface area contributed by atoms with Crippen molar-refractivity contribution in [3.63, 3.8) is 0 Å². The van der Waals surface area contributed by atoms with Crippen molar-refractivity contribution in [1.82, 2.24) is 10.3 Å². The number of aliphatic hydroxyl groups is 1. The Morgan fingerprint density at radius 1 is 1.65 bits per heavy atom. The summed E-state index contributed by atoms with van der Waals surface area (Å²) < 4.78 is 0. The van der Waals surface area contributed by atoms with Crippen LogP contribution < -0.4 is 5.32 Å². The maximum Gasteiger partial charge on any atom is 0.226 e. The van der Waals surface area contributed by atoms with Crippen LogP contribution in [0.1, 0.15) is 37.4 Å². The van der Waals surface area contributed by atoms with Crippen LogP contribution in [-0.2, 0) is 11.2 Å². The van der Waals surface area contributed by atoms with Crippen LogP contribution in [0.15, 0.2) is 5.38 Å². The average Bonchev–Trinajstić information content (AvgIpc) is 2.64. The second-order valence-corrected chi connectivity index (χ2v) is 5.53. The molecule has 1 heterocycles. The number of aryl methyl sites for hydroxylation is 1. The van der Waals surface area contributed by atoms with E-state index in [-0.39, 0.29) is 18.1 Å². The minimum Gasteiger partial charge on any atom is -0.396 e. The molecular weight excluding hydrogens is 236 g/mol. The molecule has 17 heavy (non-hydrogen) atoms. The first kappa shape index (κ1) is 14.1.